The van der Waals surface area contributed by atoms with Gasteiger partial charge in [-0.05, 0) is 31.4 Å². The molecule has 7 heteroatoms. The highest BCUT2D eigenvalue weighted by molar-refractivity contribution is 7.99. The molecule has 1 amide bonds. The highest BCUT2D eigenvalue weighted by Gasteiger charge is 2.13. The smallest absolute Gasteiger partial charge is 0.256 e. The molecule has 1 N–H and O–H groups in total. The number of fused-ring (bicyclic) bond motifs is 2. The molecule has 0 radical (unpaired) electrons. The van der Waals surface area contributed by atoms with Gasteiger partial charge in [-0.25, -0.2) is 4.98 Å². The Hall–Kier alpha value is -2.93. The molecule has 0 aliphatic carbocycles. The molecule has 0 spiro atoms. The molecule has 0 atom stereocenters. The molecule has 0 saturated carbocycles. The highest BCUT2D eigenvalue weighted by atomic mass is 32.2. The van der Waals surface area contributed by atoms with Crippen LogP contribution in [0.5, 0.6) is 0 Å². The number of hydrogen-bond donors (Lipinski definition) is 1. The number of nitrogens with zero attached hydrogens (tertiary/aromatic N) is 4. The predicted molar refractivity (Wildman–Crippen MR) is 104 cm³/mol. The zero-order valence-electron chi connectivity index (χ0n) is 14.4. The van der Waals surface area contributed by atoms with E-state index in [4.69, 9.17) is 0 Å². The molecular weight excluding hydrogens is 346 g/mol. The van der Waals surface area contributed by atoms with Gasteiger partial charge in [0.05, 0.1) is 5.75 Å². The number of aromatic nitrogens is 4. The number of benzene rings is 2. The van der Waals surface area contributed by atoms with Crippen molar-refractivity contribution in [1.29, 1.82) is 0 Å². The van der Waals surface area contributed by atoms with Crippen LogP contribution in [0, 0.1) is 13.8 Å². The summed E-state index contributed by atoms with van der Waals surface area (Å²) in [6, 6.07) is 15.8. The fourth-order valence-corrected chi connectivity index (χ4v) is 3.73. The maximum Gasteiger partial charge on any atom is 0.256 e. The molecule has 4 aromatic rings. The average Bonchev–Trinajstić information content (AvgIpc) is 3.03. The van der Waals surface area contributed by atoms with Crippen molar-refractivity contribution in [3.63, 3.8) is 0 Å². The van der Waals surface area contributed by atoms with Crippen molar-refractivity contribution in [2.75, 3.05) is 11.1 Å². The van der Waals surface area contributed by atoms with E-state index in [1.54, 1.807) is 0 Å². The molecule has 0 aliphatic heterocycles. The van der Waals surface area contributed by atoms with E-state index in [0.717, 1.165) is 27.8 Å². The van der Waals surface area contributed by atoms with Crippen LogP contribution in [0.15, 0.2) is 53.7 Å². The zero-order chi connectivity index (χ0) is 18.1. The first kappa shape index (κ1) is 16.5. The van der Waals surface area contributed by atoms with Crippen LogP contribution in [0.2, 0.25) is 0 Å². The molecule has 2 heterocycles. The van der Waals surface area contributed by atoms with E-state index < -0.39 is 0 Å². The summed E-state index contributed by atoms with van der Waals surface area (Å²) in [5.41, 5.74) is 2.70. The number of amides is 1. The second kappa shape index (κ2) is 6.76. The number of hydrogen-bond acceptors (Lipinski definition) is 5. The molecule has 0 fully saturated rings. The van der Waals surface area contributed by atoms with Gasteiger partial charge in [0.15, 0.2) is 5.16 Å². The van der Waals surface area contributed by atoms with E-state index in [1.165, 1.54) is 11.8 Å². The van der Waals surface area contributed by atoms with Crippen molar-refractivity contribution in [2.45, 2.75) is 19.0 Å². The summed E-state index contributed by atoms with van der Waals surface area (Å²) in [4.78, 5) is 16.8. The molecule has 0 unspecified atom stereocenters. The molecule has 130 valence electrons. The van der Waals surface area contributed by atoms with Crippen LogP contribution in [-0.4, -0.2) is 31.2 Å². The van der Waals surface area contributed by atoms with Gasteiger partial charge < -0.3 is 5.32 Å². The normalized spacial score (nSPS) is 11.2. The van der Waals surface area contributed by atoms with Gasteiger partial charge in [-0.3, -0.25) is 9.20 Å². The summed E-state index contributed by atoms with van der Waals surface area (Å²) in [7, 11) is 0. The Balaban J connectivity index is 1.51. The summed E-state index contributed by atoms with van der Waals surface area (Å²) in [5, 5.41) is 14.0. The second-order valence-electron chi connectivity index (χ2n) is 6.02. The number of carbonyl (C=O) groups is 1. The summed E-state index contributed by atoms with van der Waals surface area (Å²) in [6.07, 6.45) is 0. The minimum atomic E-state index is -0.0826. The Labute approximate surface area is 154 Å². The molecule has 2 aromatic carbocycles. The minimum absolute atomic E-state index is 0.0826. The lowest BCUT2D eigenvalue weighted by molar-refractivity contribution is -0.113. The molecule has 0 aliphatic rings. The van der Waals surface area contributed by atoms with Crippen LogP contribution < -0.4 is 5.32 Å². The van der Waals surface area contributed by atoms with E-state index in [9.17, 15) is 4.79 Å². The minimum Gasteiger partial charge on any atom is -0.325 e. The Morgan fingerprint density at radius 3 is 2.81 bits per heavy atom. The molecule has 2 aromatic heterocycles. The van der Waals surface area contributed by atoms with E-state index in [0.29, 0.717) is 10.9 Å². The Bertz CT molecular complexity index is 1120. The van der Waals surface area contributed by atoms with Crippen molar-refractivity contribution in [3.8, 4) is 0 Å². The largest absolute Gasteiger partial charge is 0.325 e. The highest BCUT2D eigenvalue weighted by Crippen LogP contribution is 2.24. The van der Waals surface area contributed by atoms with Gasteiger partial charge in [-0.1, -0.05) is 48.2 Å². The fraction of sp³-hybridized carbons (Fsp3) is 0.158. The number of aryl methyl sites for hydroxylation is 2. The number of anilines is 1. The van der Waals surface area contributed by atoms with Crippen LogP contribution in [-0.2, 0) is 4.79 Å². The number of rotatable bonds is 4. The van der Waals surface area contributed by atoms with E-state index >= 15 is 0 Å². The van der Waals surface area contributed by atoms with E-state index in [-0.39, 0.29) is 11.7 Å². The van der Waals surface area contributed by atoms with E-state index in [1.807, 2.05) is 66.8 Å². The SMILES string of the molecule is Cc1cc(C)n2c(SCC(=O)Nc3cccc4ccccc34)nnc2n1. The topological polar surface area (TPSA) is 72.2 Å². The second-order valence-corrected chi connectivity index (χ2v) is 6.96. The fourth-order valence-electron chi connectivity index (χ4n) is 2.94. The van der Waals surface area contributed by atoms with Gasteiger partial charge in [0.1, 0.15) is 0 Å². The summed E-state index contributed by atoms with van der Waals surface area (Å²) in [6.45, 7) is 3.90. The number of thioether (sulfide) groups is 1. The van der Waals surface area contributed by atoms with Gasteiger partial charge in [0, 0.05) is 22.5 Å². The van der Waals surface area contributed by atoms with Crippen LogP contribution in [0.3, 0.4) is 0 Å². The molecule has 4 rings (SSSR count). The summed E-state index contributed by atoms with van der Waals surface area (Å²) >= 11 is 1.35. The van der Waals surface area contributed by atoms with Crippen LogP contribution in [0.1, 0.15) is 11.4 Å². The Kier molecular flexibility index (Phi) is 4.30. The first-order valence-corrected chi connectivity index (χ1v) is 9.20. The Morgan fingerprint density at radius 1 is 1.12 bits per heavy atom. The predicted octanol–water partition coefficient (Wildman–Crippen LogP) is 3.63. The van der Waals surface area contributed by atoms with Crippen LogP contribution >= 0.6 is 11.8 Å². The lowest BCUT2D eigenvalue weighted by Crippen LogP contribution is -2.14. The molecule has 0 bridgehead atoms. The van der Waals surface area contributed by atoms with Gasteiger partial charge in [0.25, 0.3) is 5.78 Å². The van der Waals surface area contributed by atoms with E-state index in [2.05, 4.69) is 20.5 Å². The third-order valence-electron chi connectivity index (χ3n) is 4.06. The van der Waals surface area contributed by atoms with Crippen LogP contribution in [0.25, 0.3) is 16.6 Å². The van der Waals surface area contributed by atoms with Crippen molar-refractivity contribution in [2.24, 2.45) is 0 Å². The van der Waals surface area contributed by atoms with Crippen molar-refractivity contribution < 1.29 is 4.79 Å². The quantitative estimate of drug-likeness (QED) is 0.561. The lowest BCUT2D eigenvalue weighted by Gasteiger charge is -2.08. The van der Waals surface area contributed by atoms with Gasteiger partial charge in [-0.2, -0.15) is 0 Å². The van der Waals surface area contributed by atoms with Gasteiger partial charge in [-0.15, -0.1) is 10.2 Å². The van der Waals surface area contributed by atoms with Gasteiger partial charge in [0.2, 0.25) is 5.91 Å². The molecule has 6 nitrogen and oxygen atoms in total. The third kappa shape index (κ3) is 3.13. The molecular formula is C19H17N5OS. The molecule has 26 heavy (non-hydrogen) atoms. The van der Waals surface area contributed by atoms with Crippen molar-refractivity contribution in [1.82, 2.24) is 19.6 Å². The number of carbonyl (C=O) groups excluding carboxylic acids is 1. The third-order valence-corrected chi connectivity index (χ3v) is 4.99. The maximum absolute atomic E-state index is 12.4. The maximum atomic E-state index is 12.4. The first-order chi connectivity index (χ1) is 12.6. The Morgan fingerprint density at radius 2 is 1.92 bits per heavy atom. The molecule has 0 saturated heterocycles. The lowest BCUT2D eigenvalue weighted by atomic mass is 10.1. The summed E-state index contributed by atoms with van der Waals surface area (Å²) in [5.74, 6) is 0.720. The number of nitrogens with one attached hydrogen (secondary N) is 1. The zero-order valence-corrected chi connectivity index (χ0v) is 15.2. The monoisotopic (exact) mass is 363 g/mol. The van der Waals surface area contributed by atoms with Gasteiger partial charge >= 0.3 is 0 Å². The van der Waals surface area contributed by atoms with Crippen LogP contribution in [0.4, 0.5) is 5.69 Å². The van der Waals surface area contributed by atoms with Crippen molar-refractivity contribution >= 4 is 39.9 Å². The van der Waals surface area contributed by atoms with Crippen molar-refractivity contribution in [3.05, 3.63) is 59.9 Å². The summed E-state index contributed by atoms with van der Waals surface area (Å²) < 4.78 is 1.86. The first-order valence-electron chi connectivity index (χ1n) is 8.21. The standard InChI is InChI=1S/C19H17N5OS/c1-12-10-13(2)24-18(20-12)22-23-19(24)26-11-17(25)21-16-9-5-7-14-6-3-4-8-15(14)16/h3-10H,11H2,1-2H3,(H,21,25). The average molecular weight is 363 g/mol.